The monoisotopic (exact) mass is 233 g/mol. The summed E-state index contributed by atoms with van der Waals surface area (Å²) in [7, 11) is 1.84. The number of benzene rings is 1. The van der Waals surface area contributed by atoms with Gasteiger partial charge in [0.15, 0.2) is 0 Å². The molecular weight excluding hydrogens is 214 g/mol. The lowest BCUT2D eigenvalue weighted by Crippen LogP contribution is -2.55. The van der Waals surface area contributed by atoms with Crippen molar-refractivity contribution in [2.75, 3.05) is 13.7 Å². The van der Waals surface area contributed by atoms with Crippen molar-refractivity contribution in [2.45, 2.75) is 31.7 Å². The molecule has 1 aliphatic carbocycles. The molecule has 0 fully saturated rings. The van der Waals surface area contributed by atoms with Crippen LogP contribution in [-0.4, -0.2) is 25.2 Å². The maximum absolute atomic E-state index is 12.1. The van der Waals surface area contributed by atoms with Crippen LogP contribution in [-0.2, 0) is 22.4 Å². The minimum absolute atomic E-state index is 0.128. The highest BCUT2D eigenvalue weighted by molar-refractivity contribution is 5.82. The third-order valence-electron chi connectivity index (χ3n) is 3.58. The highest BCUT2D eigenvalue weighted by Crippen LogP contribution is 2.29. The molecule has 1 aliphatic rings. The fourth-order valence-corrected chi connectivity index (χ4v) is 2.49. The van der Waals surface area contributed by atoms with Gasteiger partial charge >= 0.3 is 5.97 Å². The first-order valence-corrected chi connectivity index (χ1v) is 6.15. The zero-order valence-electron chi connectivity index (χ0n) is 10.5. The molecule has 0 saturated carbocycles. The number of ether oxygens (including phenoxy) is 1. The van der Waals surface area contributed by atoms with Gasteiger partial charge < -0.3 is 10.1 Å². The van der Waals surface area contributed by atoms with Gasteiger partial charge in [0.05, 0.1) is 6.61 Å². The van der Waals surface area contributed by atoms with E-state index >= 15 is 0 Å². The number of carbonyl (C=O) groups is 1. The predicted molar refractivity (Wildman–Crippen MR) is 66.9 cm³/mol. The Hall–Kier alpha value is -1.35. The Morgan fingerprint density at radius 2 is 2.12 bits per heavy atom. The Kier molecular flexibility index (Phi) is 3.48. The number of fused-ring (bicyclic) bond motifs is 1. The molecule has 17 heavy (non-hydrogen) atoms. The standard InChI is InChI=1S/C14H19NO2/c1-3-17-13(16)14(15-2)9-8-11-6-4-5-7-12(11)10-14/h4-7,15H,3,8-10H2,1-2H3. The zero-order chi connectivity index (χ0) is 12.3. The summed E-state index contributed by atoms with van der Waals surface area (Å²) >= 11 is 0. The molecule has 1 N–H and O–H groups in total. The van der Waals surface area contributed by atoms with Gasteiger partial charge in [-0.25, -0.2) is 0 Å². The number of nitrogens with one attached hydrogen (secondary N) is 1. The number of aryl methyl sites for hydroxylation is 1. The number of esters is 1. The van der Waals surface area contributed by atoms with E-state index in [0.29, 0.717) is 6.61 Å². The Balaban J connectivity index is 2.26. The average molecular weight is 233 g/mol. The predicted octanol–water partition coefficient (Wildman–Crippen LogP) is 1.70. The van der Waals surface area contributed by atoms with E-state index in [0.717, 1.165) is 19.3 Å². The molecule has 1 aromatic carbocycles. The fourth-order valence-electron chi connectivity index (χ4n) is 2.49. The van der Waals surface area contributed by atoms with Crippen molar-refractivity contribution in [1.82, 2.24) is 5.32 Å². The molecule has 3 heteroatoms. The van der Waals surface area contributed by atoms with E-state index in [9.17, 15) is 4.79 Å². The van der Waals surface area contributed by atoms with E-state index in [1.807, 2.05) is 20.0 Å². The second-order valence-electron chi connectivity index (χ2n) is 4.50. The second-order valence-corrected chi connectivity index (χ2v) is 4.50. The third kappa shape index (κ3) is 2.20. The summed E-state index contributed by atoms with van der Waals surface area (Å²) in [4.78, 5) is 12.1. The first kappa shape index (κ1) is 12.1. The molecule has 3 nitrogen and oxygen atoms in total. The molecular formula is C14H19NO2. The van der Waals surface area contributed by atoms with E-state index < -0.39 is 5.54 Å². The van der Waals surface area contributed by atoms with Crippen molar-refractivity contribution in [3.8, 4) is 0 Å². The molecule has 0 radical (unpaired) electrons. The van der Waals surface area contributed by atoms with Crippen LogP contribution in [0.25, 0.3) is 0 Å². The molecule has 92 valence electrons. The average Bonchev–Trinajstić information content (AvgIpc) is 2.38. The number of likely N-dealkylation sites (N-methyl/N-ethyl adjacent to an activating group) is 1. The number of hydrogen-bond acceptors (Lipinski definition) is 3. The molecule has 0 spiro atoms. The maximum atomic E-state index is 12.1. The van der Waals surface area contributed by atoms with E-state index in [2.05, 4.69) is 23.5 Å². The van der Waals surface area contributed by atoms with Gasteiger partial charge in [-0.05, 0) is 37.9 Å². The number of carbonyl (C=O) groups excluding carboxylic acids is 1. The molecule has 0 heterocycles. The quantitative estimate of drug-likeness (QED) is 0.807. The molecule has 1 unspecified atom stereocenters. The van der Waals surface area contributed by atoms with Crippen LogP contribution in [0.4, 0.5) is 0 Å². The first-order chi connectivity index (χ1) is 8.22. The van der Waals surface area contributed by atoms with Gasteiger partial charge in [-0.3, -0.25) is 4.79 Å². The number of hydrogen-bond donors (Lipinski definition) is 1. The van der Waals surface area contributed by atoms with Crippen molar-refractivity contribution in [3.05, 3.63) is 35.4 Å². The summed E-state index contributed by atoms with van der Waals surface area (Å²) in [5, 5.41) is 3.17. The smallest absolute Gasteiger partial charge is 0.326 e. The normalized spacial score (nSPS) is 22.9. The summed E-state index contributed by atoms with van der Waals surface area (Å²) in [6.07, 6.45) is 2.45. The minimum Gasteiger partial charge on any atom is -0.465 e. The zero-order valence-corrected chi connectivity index (χ0v) is 10.5. The van der Waals surface area contributed by atoms with Crippen LogP contribution >= 0.6 is 0 Å². The van der Waals surface area contributed by atoms with Gasteiger partial charge in [0, 0.05) is 6.42 Å². The van der Waals surface area contributed by atoms with E-state index in [-0.39, 0.29) is 5.97 Å². The van der Waals surface area contributed by atoms with Gasteiger partial charge in [0.25, 0.3) is 0 Å². The van der Waals surface area contributed by atoms with Crippen LogP contribution < -0.4 is 5.32 Å². The third-order valence-corrected chi connectivity index (χ3v) is 3.58. The van der Waals surface area contributed by atoms with Crippen LogP contribution in [0.3, 0.4) is 0 Å². The molecule has 0 bridgehead atoms. The number of rotatable bonds is 3. The molecule has 0 aliphatic heterocycles. The Morgan fingerprint density at radius 1 is 1.41 bits per heavy atom. The lowest BCUT2D eigenvalue weighted by Gasteiger charge is -2.35. The summed E-state index contributed by atoms with van der Waals surface area (Å²) < 4.78 is 5.19. The highest BCUT2D eigenvalue weighted by atomic mass is 16.5. The second kappa shape index (κ2) is 4.88. The lowest BCUT2D eigenvalue weighted by atomic mass is 9.78. The van der Waals surface area contributed by atoms with Crippen LogP contribution in [0.1, 0.15) is 24.5 Å². The summed E-state index contributed by atoms with van der Waals surface area (Å²) in [5.41, 5.74) is 2.06. The van der Waals surface area contributed by atoms with Gasteiger partial charge in [0.1, 0.15) is 5.54 Å². The highest BCUT2D eigenvalue weighted by Gasteiger charge is 2.41. The Bertz CT molecular complexity index is 416. The van der Waals surface area contributed by atoms with Crippen molar-refractivity contribution >= 4 is 5.97 Å². The van der Waals surface area contributed by atoms with E-state index in [1.54, 1.807) is 0 Å². The van der Waals surface area contributed by atoms with E-state index in [4.69, 9.17) is 4.74 Å². The van der Waals surface area contributed by atoms with Crippen LogP contribution in [0.15, 0.2) is 24.3 Å². The molecule has 1 aromatic rings. The lowest BCUT2D eigenvalue weighted by molar-refractivity contribution is -0.151. The topological polar surface area (TPSA) is 38.3 Å². The summed E-state index contributed by atoms with van der Waals surface area (Å²) in [6.45, 7) is 2.28. The first-order valence-electron chi connectivity index (χ1n) is 6.15. The van der Waals surface area contributed by atoms with E-state index in [1.165, 1.54) is 11.1 Å². The molecule has 0 aromatic heterocycles. The molecule has 2 rings (SSSR count). The maximum Gasteiger partial charge on any atom is 0.326 e. The van der Waals surface area contributed by atoms with Crippen LogP contribution in [0, 0.1) is 0 Å². The van der Waals surface area contributed by atoms with Gasteiger partial charge in [-0.2, -0.15) is 0 Å². The van der Waals surface area contributed by atoms with Crippen LogP contribution in [0.2, 0.25) is 0 Å². The summed E-state index contributed by atoms with van der Waals surface area (Å²) in [5.74, 6) is -0.128. The van der Waals surface area contributed by atoms with Crippen molar-refractivity contribution < 1.29 is 9.53 Å². The van der Waals surface area contributed by atoms with Gasteiger partial charge in [0.2, 0.25) is 0 Å². The summed E-state index contributed by atoms with van der Waals surface area (Å²) in [6, 6.07) is 8.31. The largest absolute Gasteiger partial charge is 0.465 e. The van der Waals surface area contributed by atoms with Crippen LogP contribution in [0.5, 0.6) is 0 Å². The fraction of sp³-hybridized carbons (Fsp3) is 0.500. The molecule has 0 saturated heterocycles. The van der Waals surface area contributed by atoms with Gasteiger partial charge in [-0.15, -0.1) is 0 Å². The van der Waals surface area contributed by atoms with Crippen molar-refractivity contribution in [3.63, 3.8) is 0 Å². The SMILES string of the molecule is CCOC(=O)C1(NC)CCc2ccccc2C1. The van der Waals surface area contributed by atoms with Crippen molar-refractivity contribution in [2.24, 2.45) is 0 Å². The van der Waals surface area contributed by atoms with Crippen molar-refractivity contribution in [1.29, 1.82) is 0 Å². The minimum atomic E-state index is -0.537. The molecule has 0 amide bonds. The Morgan fingerprint density at radius 3 is 2.76 bits per heavy atom. The molecule has 1 atom stereocenters. The van der Waals surface area contributed by atoms with Gasteiger partial charge in [-0.1, -0.05) is 24.3 Å². The Labute approximate surface area is 102 Å².